The molecule has 6 nitrogen and oxygen atoms in total. The Morgan fingerprint density at radius 1 is 1.04 bits per heavy atom. The normalized spacial score (nSPS) is 11.4. The van der Waals surface area contributed by atoms with Gasteiger partial charge < -0.3 is 15.4 Å². The molecule has 2 N–H and O–H groups in total. The first-order chi connectivity index (χ1) is 13.0. The zero-order valence-corrected chi connectivity index (χ0v) is 19.4. The second-order valence-electron chi connectivity index (χ2n) is 6.02. The summed E-state index contributed by atoms with van der Waals surface area (Å²) in [5, 5.41) is 6.44. The van der Waals surface area contributed by atoms with Crippen molar-refractivity contribution in [3.05, 3.63) is 60.2 Å². The van der Waals surface area contributed by atoms with E-state index in [4.69, 9.17) is 4.74 Å². The van der Waals surface area contributed by atoms with Crippen molar-refractivity contribution in [1.29, 1.82) is 0 Å². The zero-order chi connectivity index (χ0) is 19.5. The lowest BCUT2D eigenvalue weighted by Crippen LogP contribution is -2.39. The Balaban J connectivity index is 0.00000392. The van der Waals surface area contributed by atoms with Crippen LogP contribution in [0.3, 0.4) is 0 Å². The molecule has 154 valence electrons. The summed E-state index contributed by atoms with van der Waals surface area (Å²) in [5.74, 6) is 1.39. The molecule has 0 aliphatic carbocycles. The van der Waals surface area contributed by atoms with Gasteiger partial charge in [0.05, 0.1) is 11.4 Å². The van der Waals surface area contributed by atoms with E-state index in [2.05, 4.69) is 27.8 Å². The standard InChI is InChI=1S/C20H27N3O3S.HI/c1-3-21-20(22-14-13-17-7-5-4-6-8-17)23-15-16-26-18-9-11-19(12-10-18)27(2,24)25;/h4-12H,3,13-16H2,1-2H3,(H2,21,22,23);1H. The minimum absolute atomic E-state index is 0. The highest BCUT2D eigenvalue weighted by molar-refractivity contribution is 14.0. The SMILES string of the molecule is CCNC(=NCCc1ccccc1)NCCOc1ccc(S(C)(=O)=O)cc1.I. The van der Waals surface area contributed by atoms with Gasteiger partial charge in [-0.25, -0.2) is 8.42 Å². The molecule has 2 rings (SSSR count). The number of halogens is 1. The highest BCUT2D eigenvalue weighted by Gasteiger charge is 2.06. The molecule has 2 aromatic carbocycles. The van der Waals surface area contributed by atoms with Crippen LogP contribution in [0, 0.1) is 0 Å². The first kappa shape index (κ1) is 24.2. The molecule has 0 fully saturated rings. The molecule has 0 aliphatic heterocycles. The summed E-state index contributed by atoms with van der Waals surface area (Å²) in [7, 11) is -3.18. The Labute approximate surface area is 184 Å². The lowest BCUT2D eigenvalue weighted by Gasteiger charge is -2.12. The van der Waals surface area contributed by atoms with E-state index < -0.39 is 9.84 Å². The van der Waals surface area contributed by atoms with Crippen LogP contribution in [0.5, 0.6) is 5.75 Å². The fourth-order valence-electron chi connectivity index (χ4n) is 2.40. The summed E-state index contributed by atoms with van der Waals surface area (Å²) in [4.78, 5) is 4.85. The van der Waals surface area contributed by atoms with E-state index in [0.29, 0.717) is 25.4 Å². The van der Waals surface area contributed by atoms with Crippen molar-refractivity contribution in [2.75, 3.05) is 32.5 Å². The molecule has 0 radical (unpaired) electrons. The van der Waals surface area contributed by atoms with Gasteiger partial charge in [0, 0.05) is 19.3 Å². The number of benzene rings is 2. The Kier molecular flexibility index (Phi) is 10.9. The maximum absolute atomic E-state index is 11.4. The molecule has 0 aliphatic rings. The molecular weight excluding hydrogens is 489 g/mol. The number of nitrogens with one attached hydrogen (secondary N) is 2. The van der Waals surface area contributed by atoms with Crippen LogP contribution in [-0.2, 0) is 16.3 Å². The van der Waals surface area contributed by atoms with E-state index in [1.54, 1.807) is 24.3 Å². The summed E-state index contributed by atoms with van der Waals surface area (Å²) < 4.78 is 28.5. The first-order valence-corrected chi connectivity index (χ1v) is 10.9. The highest BCUT2D eigenvalue weighted by Crippen LogP contribution is 2.15. The molecule has 0 atom stereocenters. The number of nitrogens with zero attached hydrogens (tertiary/aromatic N) is 1. The molecule has 8 heteroatoms. The van der Waals surface area contributed by atoms with Crippen LogP contribution in [0.25, 0.3) is 0 Å². The van der Waals surface area contributed by atoms with Crippen molar-refractivity contribution in [3.8, 4) is 5.75 Å². The van der Waals surface area contributed by atoms with Crippen molar-refractivity contribution in [2.24, 2.45) is 4.99 Å². The number of aliphatic imine (C=N–C) groups is 1. The van der Waals surface area contributed by atoms with Gasteiger partial charge in [0.15, 0.2) is 15.8 Å². The average Bonchev–Trinajstić information content (AvgIpc) is 2.65. The molecule has 28 heavy (non-hydrogen) atoms. The van der Waals surface area contributed by atoms with Crippen LogP contribution in [0.15, 0.2) is 64.5 Å². The van der Waals surface area contributed by atoms with E-state index in [0.717, 1.165) is 18.9 Å². The van der Waals surface area contributed by atoms with Crippen LogP contribution in [-0.4, -0.2) is 46.9 Å². The minimum Gasteiger partial charge on any atom is -0.492 e. The number of guanidine groups is 1. The molecule has 0 bridgehead atoms. The van der Waals surface area contributed by atoms with Gasteiger partial charge in [-0.05, 0) is 43.2 Å². The van der Waals surface area contributed by atoms with Crippen LogP contribution < -0.4 is 15.4 Å². The number of hydrogen-bond acceptors (Lipinski definition) is 4. The fraction of sp³-hybridized carbons (Fsp3) is 0.350. The Morgan fingerprint density at radius 2 is 1.71 bits per heavy atom. The molecule has 0 saturated carbocycles. The topological polar surface area (TPSA) is 79.8 Å². The lowest BCUT2D eigenvalue weighted by molar-refractivity contribution is 0.321. The monoisotopic (exact) mass is 517 g/mol. The third kappa shape index (κ3) is 8.92. The van der Waals surface area contributed by atoms with Gasteiger partial charge in [-0.1, -0.05) is 30.3 Å². The first-order valence-electron chi connectivity index (χ1n) is 8.98. The van der Waals surface area contributed by atoms with E-state index in [1.807, 2.05) is 25.1 Å². The van der Waals surface area contributed by atoms with Gasteiger partial charge in [-0.2, -0.15) is 0 Å². The zero-order valence-electron chi connectivity index (χ0n) is 16.2. The summed E-state index contributed by atoms with van der Waals surface area (Å²) in [6.07, 6.45) is 2.08. The summed E-state index contributed by atoms with van der Waals surface area (Å²) in [5.41, 5.74) is 1.26. The predicted octanol–water partition coefficient (Wildman–Crippen LogP) is 2.88. The molecular formula is C20H28IN3O3S. The minimum atomic E-state index is -3.18. The third-order valence-corrected chi connectivity index (χ3v) is 4.90. The van der Waals surface area contributed by atoms with E-state index >= 15 is 0 Å². The second kappa shape index (κ2) is 12.6. The van der Waals surface area contributed by atoms with Gasteiger partial charge in [-0.3, -0.25) is 4.99 Å². The van der Waals surface area contributed by atoms with Gasteiger partial charge in [-0.15, -0.1) is 24.0 Å². The summed E-state index contributed by atoms with van der Waals surface area (Å²) >= 11 is 0. The number of ether oxygens (including phenoxy) is 1. The van der Waals surface area contributed by atoms with Crippen LogP contribution in [0.4, 0.5) is 0 Å². The van der Waals surface area contributed by atoms with Crippen molar-refractivity contribution in [3.63, 3.8) is 0 Å². The van der Waals surface area contributed by atoms with Crippen LogP contribution in [0.1, 0.15) is 12.5 Å². The highest BCUT2D eigenvalue weighted by atomic mass is 127. The predicted molar refractivity (Wildman–Crippen MR) is 125 cm³/mol. The van der Waals surface area contributed by atoms with Crippen LogP contribution in [0.2, 0.25) is 0 Å². The van der Waals surface area contributed by atoms with Gasteiger partial charge in [0.25, 0.3) is 0 Å². The molecule has 0 heterocycles. The molecule has 2 aromatic rings. The fourth-order valence-corrected chi connectivity index (χ4v) is 3.04. The Hall–Kier alpha value is -1.81. The maximum Gasteiger partial charge on any atom is 0.191 e. The molecule has 0 unspecified atom stereocenters. The third-order valence-electron chi connectivity index (χ3n) is 3.77. The van der Waals surface area contributed by atoms with Crippen molar-refractivity contribution in [2.45, 2.75) is 18.2 Å². The Bertz CT molecular complexity index is 826. The van der Waals surface area contributed by atoms with Crippen molar-refractivity contribution in [1.82, 2.24) is 10.6 Å². The molecule has 0 amide bonds. The van der Waals surface area contributed by atoms with Gasteiger partial charge in [0.2, 0.25) is 0 Å². The maximum atomic E-state index is 11.4. The summed E-state index contributed by atoms with van der Waals surface area (Å²) in [6.45, 7) is 4.54. The van der Waals surface area contributed by atoms with E-state index in [-0.39, 0.29) is 28.9 Å². The number of rotatable bonds is 9. The quantitative estimate of drug-likeness (QED) is 0.232. The largest absolute Gasteiger partial charge is 0.492 e. The summed E-state index contributed by atoms with van der Waals surface area (Å²) in [6, 6.07) is 16.7. The average molecular weight is 517 g/mol. The van der Waals surface area contributed by atoms with E-state index in [1.165, 1.54) is 11.8 Å². The second-order valence-corrected chi connectivity index (χ2v) is 8.03. The van der Waals surface area contributed by atoms with Crippen molar-refractivity contribution >= 4 is 39.8 Å². The molecule has 0 spiro atoms. The number of sulfone groups is 1. The van der Waals surface area contributed by atoms with E-state index in [9.17, 15) is 8.42 Å². The van der Waals surface area contributed by atoms with Crippen LogP contribution >= 0.6 is 24.0 Å². The van der Waals surface area contributed by atoms with Gasteiger partial charge >= 0.3 is 0 Å². The van der Waals surface area contributed by atoms with Gasteiger partial charge in [0.1, 0.15) is 12.4 Å². The smallest absolute Gasteiger partial charge is 0.191 e. The lowest BCUT2D eigenvalue weighted by atomic mass is 10.2. The number of hydrogen-bond donors (Lipinski definition) is 2. The molecule has 0 saturated heterocycles. The van der Waals surface area contributed by atoms with Crippen molar-refractivity contribution < 1.29 is 13.2 Å². The Morgan fingerprint density at radius 3 is 2.32 bits per heavy atom. The molecule has 0 aromatic heterocycles.